The van der Waals surface area contributed by atoms with Gasteiger partial charge in [0.1, 0.15) is 6.23 Å². The fraction of sp³-hybridized carbons (Fsp3) is 0.600. The first kappa shape index (κ1) is 17.8. The number of aromatic nitrogens is 2. The number of phosphoric acid groups is 1. The number of H-pyrrole nitrogens is 1. The van der Waals surface area contributed by atoms with Crippen molar-refractivity contribution in [2.24, 2.45) is 0 Å². The molecule has 0 aliphatic carbocycles. The van der Waals surface area contributed by atoms with Gasteiger partial charge in [0.15, 0.2) is 0 Å². The van der Waals surface area contributed by atoms with E-state index < -0.39 is 13.5 Å². The first-order chi connectivity index (χ1) is 9.61. The van der Waals surface area contributed by atoms with Gasteiger partial charge in [-0.2, -0.15) is 0 Å². The molecule has 0 radical (unpaired) electrons. The minimum Gasteiger partial charge on any atom is -0.394 e. The van der Waals surface area contributed by atoms with Crippen molar-refractivity contribution >= 4 is 7.82 Å². The molecule has 1 aromatic rings. The minimum atomic E-state index is -4.64. The first-order valence-corrected chi connectivity index (χ1v) is 7.55. The molecule has 2 rings (SSSR count). The molecule has 1 fully saturated rings. The molecule has 2 atom stereocenters. The van der Waals surface area contributed by atoms with Crippen LogP contribution in [0.3, 0.4) is 0 Å². The van der Waals surface area contributed by atoms with Gasteiger partial charge < -0.3 is 24.5 Å². The number of ether oxygens (including phenoxy) is 1. The molecule has 1 aliphatic rings. The number of nitrogens with zero attached hydrogens (tertiary/aromatic N) is 1. The minimum absolute atomic E-state index is 0.0480. The van der Waals surface area contributed by atoms with Crippen molar-refractivity contribution in [2.45, 2.75) is 32.1 Å². The zero-order valence-corrected chi connectivity index (χ0v) is 12.1. The summed E-state index contributed by atoms with van der Waals surface area (Å²) in [4.78, 5) is 46.5. The lowest BCUT2D eigenvalue weighted by Gasteiger charge is -2.14. The summed E-state index contributed by atoms with van der Waals surface area (Å²) < 4.78 is 15.7. The van der Waals surface area contributed by atoms with Gasteiger partial charge >= 0.3 is 13.5 Å². The quantitative estimate of drug-likeness (QED) is 0.414. The first-order valence-electron chi connectivity index (χ1n) is 5.98. The normalized spacial score (nSPS) is 21.8. The maximum absolute atomic E-state index is 11.5. The van der Waals surface area contributed by atoms with Gasteiger partial charge in [0.2, 0.25) is 0 Å². The predicted molar refractivity (Wildman–Crippen MR) is 70.6 cm³/mol. The Morgan fingerprint density at radius 3 is 2.43 bits per heavy atom. The number of aromatic amines is 1. The van der Waals surface area contributed by atoms with Crippen LogP contribution in [0, 0.1) is 6.92 Å². The molecule has 1 saturated heterocycles. The topological polar surface area (TPSA) is 162 Å². The molecule has 10 nitrogen and oxygen atoms in total. The highest BCUT2D eigenvalue weighted by molar-refractivity contribution is 7.45. The summed E-state index contributed by atoms with van der Waals surface area (Å²) in [5.74, 6) is 0. The second kappa shape index (κ2) is 7.12. The van der Waals surface area contributed by atoms with E-state index >= 15 is 0 Å². The lowest BCUT2D eigenvalue weighted by Crippen LogP contribution is -2.33. The summed E-state index contributed by atoms with van der Waals surface area (Å²) >= 11 is 0. The Bertz CT molecular complexity index is 624. The summed E-state index contributed by atoms with van der Waals surface area (Å²) in [5, 5.41) is 8.93. The molecule has 2 heterocycles. The van der Waals surface area contributed by atoms with E-state index in [9.17, 15) is 9.59 Å². The van der Waals surface area contributed by atoms with Crippen molar-refractivity contribution in [3.63, 3.8) is 0 Å². The Morgan fingerprint density at radius 2 is 1.95 bits per heavy atom. The zero-order chi connectivity index (χ0) is 16.2. The average Bonchev–Trinajstić information content (AvgIpc) is 2.80. The van der Waals surface area contributed by atoms with Crippen LogP contribution in [0.4, 0.5) is 0 Å². The van der Waals surface area contributed by atoms with Crippen molar-refractivity contribution in [3.8, 4) is 0 Å². The fourth-order valence-electron chi connectivity index (χ4n) is 1.83. The third-order valence-corrected chi connectivity index (χ3v) is 2.74. The van der Waals surface area contributed by atoms with Gasteiger partial charge in [0, 0.05) is 11.8 Å². The van der Waals surface area contributed by atoms with E-state index in [1.54, 1.807) is 6.92 Å². The van der Waals surface area contributed by atoms with Gasteiger partial charge in [0.05, 0.1) is 12.7 Å². The van der Waals surface area contributed by atoms with Crippen LogP contribution in [-0.2, 0) is 9.30 Å². The highest BCUT2D eigenvalue weighted by Crippen LogP contribution is 2.26. The van der Waals surface area contributed by atoms with Crippen LogP contribution in [-0.4, -0.2) is 42.0 Å². The molecule has 0 bridgehead atoms. The Labute approximate surface area is 118 Å². The van der Waals surface area contributed by atoms with Crippen molar-refractivity contribution < 1.29 is 29.1 Å². The molecule has 0 amide bonds. The van der Waals surface area contributed by atoms with E-state index in [0.717, 1.165) is 0 Å². The van der Waals surface area contributed by atoms with Crippen LogP contribution in [0.1, 0.15) is 24.6 Å². The zero-order valence-electron chi connectivity index (χ0n) is 11.2. The maximum atomic E-state index is 11.5. The van der Waals surface area contributed by atoms with Crippen LogP contribution in [0.2, 0.25) is 0 Å². The Balaban J connectivity index is 0.000000383. The van der Waals surface area contributed by atoms with Gasteiger partial charge in [-0.15, -0.1) is 0 Å². The molecule has 0 spiro atoms. The number of hydrogen-bond acceptors (Lipinski definition) is 5. The SMILES string of the molecule is Cc1cn([C@H]2CC[C@@H](CO)O2)c(=O)[nH]c1=O.O=P(O)(O)O. The molecule has 5 N–H and O–H groups in total. The van der Waals surface area contributed by atoms with Crippen LogP contribution in [0.5, 0.6) is 0 Å². The lowest BCUT2D eigenvalue weighted by molar-refractivity contribution is -0.0247. The van der Waals surface area contributed by atoms with Gasteiger partial charge in [-0.05, 0) is 19.8 Å². The number of hydrogen-bond donors (Lipinski definition) is 5. The fourth-order valence-corrected chi connectivity index (χ4v) is 1.83. The van der Waals surface area contributed by atoms with Gasteiger partial charge in [-0.25, -0.2) is 9.36 Å². The van der Waals surface area contributed by atoms with Gasteiger partial charge in [0.25, 0.3) is 5.56 Å². The van der Waals surface area contributed by atoms with Crippen LogP contribution < -0.4 is 11.2 Å². The van der Waals surface area contributed by atoms with E-state index in [2.05, 4.69) is 4.98 Å². The monoisotopic (exact) mass is 324 g/mol. The number of aliphatic hydroxyl groups is 1. The molecule has 0 saturated carbocycles. The van der Waals surface area contributed by atoms with E-state index in [1.165, 1.54) is 10.8 Å². The van der Waals surface area contributed by atoms with Crippen molar-refractivity contribution in [3.05, 3.63) is 32.6 Å². The number of nitrogens with one attached hydrogen (secondary N) is 1. The lowest BCUT2D eigenvalue weighted by atomic mass is 10.2. The molecule has 0 aromatic carbocycles. The number of aliphatic hydroxyl groups excluding tert-OH is 1. The van der Waals surface area contributed by atoms with Crippen molar-refractivity contribution in [1.82, 2.24) is 9.55 Å². The maximum Gasteiger partial charge on any atom is 0.466 e. The Kier molecular flexibility index (Phi) is 6.02. The highest BCUT2D eigenvalue weighted by atomic mass is 31.2. The van der Waals surface area contributed by atoms with Gasteiger partial charge in [-0.3, -0.25) is 14.3 Å². The van der Waals surface area contributed by atoms with Crippen LogP contribution >= 0.6 is 7.82 Å². The largest absolute Gasteiger partial charge is 0.466 e. The standard InChI is InChI=1S/C10H14N2O4.H3O4P/c1-6-4-12(10(15)11-9(6)14)8-3-2-7(5-13)16-8;1-5(2,3)4/h4,7-8,13H,2-3,5H2,1H3,(H,11,14,15);(H3,1,2,3,4)/t7-,8+;/m0./s1. The van der Waals surface area contributed by atoms with Gasteiger partial charge in [-0.1, -0.05) is 0 Å². The summed E-state index contributed by atoms with van der Waals surface area (Å²) in [7, 11) is -4.64. The molecule has 21 heavy (non-hydrogen) atoms. The summed E-state index contributed by atoms with van der Waals surface area (Å²) in [5.41, 5.74) is -0.382. The third-order valence-electron chi connectivity index (χ3n) is 2.74. The predicted octanol–water partition coefficient (Wildman–Crippen LogP) is -1.41. The summed E-state index contributed by atoms with van der Waals surface area (Å²) in [6.45, 7) is 1.58. The third kappa shape index (κ3) is 5.92. The molecular weight excluding hydrogens is 307 g/mol. The molecule has 0 unspecified atom stereocenters. The molecular formula is C10H17N2O8P. The van der Waals surface area contributed by atoms with E-state index in [4.69, 9.17) is 29.1 Å². The molecule has 120 valence electrons. The molecule has 1 aromatic heterocycles. The number of aryl methyl sites for hydroxylation is 1. The van der Waals surface area contributed by atoms with E-state index in [0.29, 0.717) is 18.4 Å². The van der Waals surface area contributed by atoms with Crippen LogP contribution in [0.25, 0.3) is 0 Å². The smallest absolute Gasteiger partial charge is 0.394 e. The summed E-state index contributed by atoms with van der Waals surface area (Å²) in [6.07, 6.45) is 2.26. The Morgan fingerprint density at radius 1 is 1.38 bits per heavy atom. The number of rotatable bonds is 2. The summed E-state index contributed by atoms with van der Waals surface area (Å²) in [6, 6.07) is 0. The van der Waals surface area contributed by atoms with E-state index in [1.807, 2.05) is 0 Å². The Hall–Kier alpha value is -1.29. The van der Waals surface area contributed by atoms with Crippen LogP contribution in [0.15, 0.2) is 15.8 Å². The highest BCUT2D eigenvalue weighted by Gasteiger charge is 2.26. The molecule has 1 aliphatic heterocycles. The second-order valence-electron chi connectivity index (χ2n) is 4.46. The second-order valence-corrected chi connectivity index (χ2v) is 5.49. The van der Waals surface area contributed by atoms with Crippen molar-refractivity contribution in [1.29, 1.82) is 0 Å². The molecule has 11 heteroatoms. The van der Waals surface area contributed by atoms with Crippen molar-refractivity contribution in [2.75, 3.05) is 6.61 Å². The average molecular weight is 324 g/mol. The van der Waals surface area contributed by atoms with E-state index in [-0.39, 0.29) is 24.5 Å².